The molecule has 0 bridgehead atoms. The molecular weight excluding hydrogens is 883 g/mol. The Hall–Kier alpha value is -0.280. The lowest BCUT2D eigenvalue weighted by atomic mass is 9.57. The van der Waals surface area contributed by atoms with E-state index < -0.39 is 0 Å². The van der Waals surface area contributed by atoms with Crippen LogP contribution >= 0.6 is 0 Å². The van der Waals surface area contributed by atoms with Crippen molar-refractivity contribution in [1.29, 1.82) is 0 Å². The van der Waals surface area contributed by atoms with E-state index in [2.05, 4.69) is 24.9 Å². The van der Waals surface area contributed by atoms with E-state index in [1.165, 1.54) is 238 Å². The van der Waals surface area contributed by atoms with Gasteiger partial charge in [0, 0.05) is 78.5 Å². The molecule has 10 saturated carbocycles. The molecule has 7 heteroatoms. The molecule has 0 radical (unpaired) electrons. The molecule has 15 aliphatic rings. The third kappa shape index (κ3) is 8.34. The largest absolute Gasteiger partial charge is 0.372 e. The zero-order valence-corrected chi connectivity index (χ0v) is 46.0. The summed E-state index contributed by atoms with van der Waals surface area (Å²) in [4.78, 5) is 14.5. The summed E-state index contributed by atoms with van der Waals surface area (Å²) >= 11 is 0. The van der Waals surface area contributed by atoms with E-state index in [0.29, 0.717) is 72.8 Å². The van der Waals surface area contributed by atoms with Crippen molar-refractivity contribution in [2.75, 3.05) is 6.54 Å². The molecule has 15 rings (SSSR count). The first-order chi connectivity index (χ1) is 35.8. The first-order valence-electron chi connectivity index (χ1n) is 33.9. The van der Waals surface area contributed by atoms with E-state index in [9.17, 15) is 0 Å². The van der Waals surface area contributed by atoms with Crippen molar-refractivity contribution in [1.82, 2.24) is 24.9 Å². The third-order valence-electron chi connectivity index (χ3n) is 26.4. The molecule has 0 aromatic heterocycles. The number of ether oxygens (including phenoxy) is 2. The highest BCUT2D eigenvalue weighted by atomic mass is 16.5. The first kappa shape index (κ1) is 48.8. The van der Waals surface area contributed by atoms with Crippen LogP contribution in [0.2, 0.25) is 0 Å². The zero-order valence-electron chi connectivity index (χ0n) is 46.0. The average Bonchev–Trinajstić information content (AvgIpc) is 3.96. The molecule has 5 heterocycles. The average molecular weight is 991 g/mol. The Morgan fingerprint density at radius 3 is 0.917 bits per heavy atom. The number of rotatable bonds is 6. The Bertz CT molecular complexity index is 1630. The van der Waals surface area contributed by atoms with Crippen molar-refractivity contribution in [3.63, 3.8) is 0 Å². The van der Waals surface area contributed by atoms with Crippen LogP contribution in [-0.4, -0.2) is 129 Å². The van der Waals surface area contributed by atoms with Crippen LogP contribution in [0.4, 0.5) is 0 Å². The lowest BCUT2D eigenvalue weighted by Gasteiger charge is -2.68. The van der Waals surface area contributed by atoms with E-state index in [-0.39, 0.29) is 0 Å². The molecule has 1 N–H and O–H groups in total. The molecule has 5 aliphatic heterocycles. The normalized spacial score (nSPS) is 53.7. The van der Waals surface area contributed by atoms with Crippen molar-refractivity contribution >= 4 is 0 Å². The molecule has 15 fully saturated rings. The number of fused-ring (bicyclic) bond motifs is 10. The van der Waals surface area contributed by atoms with Gasteiger partial charge in [-0.3, -0.25) is 19.6 Å². The number of nitrogens with zero attached hydrogens (tertiary/aromatic N) is 4. The van der Waals surface area contributed by atoms with E-state index >= 15 is 0 Å². The first-order valence-corrected chi connectivity index (χ1v) is 33.9. The lowest BCUT2D eigenvalue weighted by Crippen LogP contribution is -2.79. The molecule has 404 valence electrons. The van der Waals surface area contributed by atoms with Crippen molar-refractivity contribution in [3.05, 3.63) is 0 Å². The smallest absolute Gasteiger partial charge is 0.0735 e. The number of nitrogens with one attached hydrogen (secondary N) is 1. The Morgan fingerprint density at radius 2 is 0.556 bits per heavy atom. The standard InChI is InChI=1S/C65H107N5O2/c1-2-26-47(42(21-1)48-27-19-20-40-66-48)63-64(69-49-28-7-3-22-43(49)44-23-4-8-29-50(44)69)57(67-53-32-11-15-36-59(53)71-60-37-16-12-33-54(60)67)41-58(68-55-34-13-17-38-61(55)72-62-39-18-14-35-56(62)68)65(63)70-51-30-9-5-24-45(51)46-25-6-10-31-52(46)70/h42-66H,1-41H2. The predicted octanol–water partition coefficient (Wildman–Crippen LogP) is 13.2. The molecular formula is C65H107N5O2. The van der Waals surface area contributed by atoms with Gasteiger partial charge in [0.15, 0.2) is 0 Å². The van der Waals surface area contributed by atoms with E-state index in [4.69, 9.17) is 9.47 Å². The Kier molecular flexibility index (Phi) is 14.3. The third-order valence-corrected chi connectivity index (χ3v) is 26.4. The van der Waals surface area contributed by atoms with Gasteiger partial charge in [-0.15, -0.1) is 0 Å². The molecule has 0 aromatic rings. The van der Waals surface area contributed by atoms with Crippen LogP contribution in [0.3, 0.4) is 0 Å². The monoisotopic (exact) mass is 990 g/mol. The van der Waals surface area contributed by atoms with Gasteiger partial charge in [-0.05, 0) is 183 Å². The van der Waals surface area contributed by atoms with Gasteiger partial charge < -0.3 is 14.8 Å². The summed E-state index contributed by atoms with van der Waals surface area (Å²) in [6, 6.07) is 9.26. The van der Waals surface area contributed by atoms with E-state index in [0.717, 1.165) is 71.6 Å². The molecule has 5 saturated heterocycles. The van der Waals surface area contributed by atoms with Gasteiger partial charge in [-0.1, -0.05) is 122 Å². The Balaban J connectivity index is 0.981. The molecule has 23 unspecified atom stereocenters. The van der Waals surface area contributed by atoms with Crippen molar-refractivity contribution < 1.29 is 9.47 Å². The predicted molar refractivity (Wildman–Crippen MR) is 291 cm³/mol. The van der Waals surface area contributed by atoms with Crippen molar-refractivity contribution in [2.24, 2.45) is 41.4 Å². The molecule has 72 heavy (non-hydrogen) atoms. The summed E-state index contributed by atoms with van der Waals surface area (Å²) in [5.74, 6) is 6.27. The van der Waals surface area contributed by atoms with Crippen molar-refractivity contribution in [3.8, 4) is 0 Å². The number of hydrogen-bond donors (Lipinski definition) is 1. The molecule has 23 atom stereocenters. The van der Waals surface area contributed by atoms with Gasteiger partial charge in [-0.25, -0.2) is 0 Å². The van der Waals surface area contributed by atoms with Crippen LogP contribution in [0.5, 0.6) is 0 Å². The van der Waals surface area contributed by atoms with Crippen LogP contribution in [-0.2, 0) is 9.47 Å². The number of morpholine rings is 2. The SMILES string of the molecule is C1CCC(C2CCCCC2C2C(N3C4CCCCC4C4CCCCC43)C(N3C4CCCCC4OC4CCCCC43)CC(N3C4CCCCC4OC4CCCCC43)C2N2C3CCCCC3C3CCCCC32)NC1. The fourth-order valence-electron chi connectivity index (χ4n) is 24.2. The lowest BCUT2D eigenvalue weighted by molar-refractivity contribution is -0.234. The Morgan fingerprint density at radius 1 is 0.250 bits per heavy atom. The number of likely N-dealkylation sites (tertiary alicyclic amines) is 2. The van der Waals surface area contributed by atoms with Crippen LogP contribution in [0, 0.1) is 41.4 Å². The summed E-state index contributed by atoms with van der Waals surface area (Å²) < 4.78 is 15.2. The molecule has 0 aromatic carbocycles. The van der Waals surface area contributed by atoms with E-state index in [1.807, 2.05) is 0 Å². The summed E-state index contributed by atoms with van der Waals surface area (Å²) in [5.41, 5.74) is 0. The highest BCUT2D eigenvalue weighted by molar-refractivity contribution is 5.22. The minimum atomic E-state index is 0.462. The number of hydrogen-bond acceptors (Lipinski definition) is 7. The quantitative estimate of drug-likeness (QED) is 0.284. The van der Waals surface area contributed by atoms with Gasteiger partial charge in [0.1, 0.15) is 0 Å². The van der Waals surface area contributed by atoms with Gasteiger partial charge in [-0.2, -0.15) is 0 Å². The number of piperidine rings is 1. The molecule has 7 nitrogen and oxygen atoms in total. The van der Waals surface area contributed by atoms with Gasteiger partial charge in [0.05, 0.1) is 24.4 Å². The summed E-state index contributed by atoms with van der Waals surface area (Å²) in [5, 5.41) is 4.42. The summed E-state index contributed by atoms with van der Waals surface area (Å²) in [6.45, 7) is 1.27. The fourth-order valence-corrected chi connectivity index (χ4v) is 24.2. The minimum absolute atomic E-state index is 0.462. The van der Waals surface area contributed by atoms with Crippen LogP contribution in [0.1, 0.15) is 257 Å². The summed E-state index contributed by atoms with van der Waals surface area (Å²) in [6.07, 6.45) is 60.1. The van der Waals surface area contributed by atoms with Gasteiger partial charge in [0.2, 0.25) is 0 Å². The molecule has 0 spiro atoms. The molecule has 10 aliphatic carbocycles. The van der Waals surface area contributed by atoms with Gasteiger partial charge in [0.25, 0.3) is 0 Å². The maximum absolute atomic E-state index is 7.59. The highest BCUT2D eigenvalue weighted by Crippen LogP contribution is 2.61. The Labute approximate surface area is 440 Å². The van der Waals surface area contributed by atoms with Crippen LogP contribution < -0.4 is 5.32 Å². The fraction of sp³-hybridized carbons (Fsp3) is 1.00. The zero-order chi connectivity index (χ0) is 47.3. The van der Waals surface area contributed by atoms with Crippen LogP contribution in [0.25, 0.3) is 0 Å². The maximum Gasteiger partial charge on any atom is 0.0735 e. The summed E-state index contributed by atoms with van der Waals surface area (Å²) in [7, 11) is 0. The van der Waals surface area contributed by atoms with Crippen LogP contribution in [0.15, 0.2) is 0 Å². The topological polar surface area (TPSA) is 43.5 Å². The second-order valence-electron chi connectivity index (χ2n) is 29.3. The van der Waals surface area contributed by atoms with E-state index in [1.54, 1.807) is 25.7 Å². The highest BCUT2D eigenvalue weighted by Gasteiger charge is 2.67. The van der Waals surface area contributed by atoms with Gasteiger partial charge >= 0.3 is 0 Å². The molecule has 0 amide bonds. The van der Waals surface area contributed by atoms with Crippen molar-refractivity contribution in [2.45, 2.75) is 360 Å². The second-order valence-corrected chi connectivity index (χ2v) is 29.3. The minimum Gasteiger partial charge on any atom is -0.372 e. The maximum atomic E-state index is 7.59. The second kappa shape index (κ2) is 21.1.